The molecule has 0 saturated carbocycles. The lowest BCUT2D eigenvalue weighted by molar-refractivity contribution is -0.113. The summed E-state index contributed by atoms with van der Waals surface area (Å²) in [6.45, 7) is 1.99. The number of carbonyl (C=O) groups is 1. The Morgan fingerprint density at radius 3 is 2.86 bits per heavy atom. The van der Waals surface area contributed by atoms with Gasteiger partial charge in [-0.2, -0.15) is 10.1 Å². The van der Waals surface area contributed by atoms with E-state index in [1.165, 1.54) is 24.0 Å². The van der Waals surface area contributed by atoms with Crippen molar-refractivity contribution in [2.75, 3.05) is 23.6 Å². The van der Waals surface area contributed by atoms with Gasteiger partial charge in [0.25, 0.3) is 0 Å². The van der Waals surface area contributed by atoms with Crippen LogP contribution in [0.2, 0.25) is 0 Å². The van der Waals surface area contributed by atoms with Crippen molar-refractivity contribution in [1.82, 2.24) is 15.2 Å². The van der Waals surface area contributed by atoms with Crippen molar-refractivity contribution in [3.63, 3.8) is 0 Å². The molecule has 0 radical (unpaired) electrons. The van der Waals surface area contributed by atoms with E-state index < -0.39 is 0 Å². The lowest BCUT2D eigenvalue weighted by atomic mass is 10.2. The second-order valence-corrected chi connectivity index (χ2v) is 6.91. The van der Waals surface area contributed by atoms with E-state index in [4.69, 9.17) is 4.74 Å². The Morgan fingerprint density at radius 1 is 1.31 bits per heavy atom. The third-order valence-electron chi connectivity index (χ3n) is 3.74. The molecule has 0 fully saturated rings. The number of anilines is 2. The molecule has 0 bridgehead atoms. The van der Waals surface area contributed by atoms with E-state index in [2.05, 4.69) is 31.0 Å². The van der Waals surface area contributed by atoms with Crippen LogP contribution < -0.4 is 15.5 Å². The molecule has 9 nitrogen and oxygen atoms in total. The maximum absolute atomic E-state index is 12.0. The molecule has 0 saturated heterocycles. The fourth-order valence-electron chi connectivity index (χ4n) is 2.25. The minimum absolute atomic E-state index is 0.0738. The van der Waals surface area contributed by atoms with Crippen molar-refractivity contribution >= 4 is 35.5 Å². The van der Waals surface area contributed by atoms with E-state index in [0.717, 1.165) is 11.3 Å². The molecule has 1 heterocycles. The summed E-state index contributed by atoms with van der Waals surface area (Å²) in [5.41, 5.74) is 5.04. The Kier molecular flexibility index (Phi) is 6.69. The fourth-order valence-corrected chi connectivity index (χ4v) is 2.85. The second-order valence-electron chi connectivity index (χ2n) is 5.96. The van der Waals surface area contributed by atoms with Crippen molar-refractivity contribution in [1.29, 1.82) is 0 Å². The summed E-state index contributed by atoms with van der Waals surface area (Å²) >= 11 is 1.20. The molecule has 150 valence electrons. The van der Waals surface area contributed by atoms with E-state index in [9.17, 15) is 9.90 Å². The number of hydrogen-bond acceptors (Lipinski definition) is 8. The van der Waals surface area contributed by atoms with Crippen molar-refractivity contribution in [3.05, 3.63) is 53.6 Å². The van der Waals surface area contributed by atoms with Crippen LogP contribution in [0.1, 0.15) is 11.1 Å². The zero-order chi connectivity index (χ0) is 20.6. The van der Waals surface area contributed by atoms with Crippen molar-refractivity contribution in [2.45, 2.75) is 12.1 Å². The van der Waals surface area contributed by atoms with E-state index in [1.54, 1.807) is 19.2 Å². The van der Waals surface area contributed by atoms with Crippen molar-refractivity contribution in [2.24, 2.45) is 5.10 Å². The monoisotopic (exact) mass is 412 g/mol. The summed E-state index contributed by atoms with van der Waals surface area (Å²) in [6, 6.07) is 12.4. The van der Waals surface area contributed by atoms with Gasteiger partial charge in [0.1, 0.15) is 11.5 Å². The van der Waals surface area contributed by atoms with Crippen LogP contribution in [0, 0.1) is 6.92 Å². The largest absolute Gasteiger partial charge is 0.507 e. The van der Waals surface area contributed by atoms with Crippen LogP contribution in [0.5, 0.6) is 11.5 Å². The number of aromatic amines is 1. The number of thioether (sulfide) groups is 1. The van der Waals surface area contributed by atoms with Gasteiger partial charge in [-0.15, -0.1) is 5.10 Å². The zero-order valence-electron chi connectivity index (χ0n) is 15.8. The number of H-pyrrole nitrogens is 1. The van der Waals surface area contributed by atoms with Crippen molar-refractivity contribution < 1.29 is 14.6 Å². The summed E-state index contributed by atoms with van der Waals surface area (Å²) in [6.07, 6.45) is 1.43. The van der Waals surface area contributed by atoms with Gasteiger partial charge in [-0.25, -0.2) is 10.5 Å². The van der Waals surface area contributed by atoms with Crippen LogP contribution in [-0.4, -0.2) is 45.3 Å². The molecule has 0 spiro atoms. The standard InChI is InChI=1S/C19H20N6O3S/c1-12-3-5-14(6-4-12)21-17(27)11-29-19-22-18(24-25-19)23-20-10-13-9-15(28-2)7-8-16(13)26/h3-10,26H,11H2,1-2H3,(H,21,27)(H2,22,23,24,25)/b20-10+. The van der Waals surface area contributed by atoms with Gasteiger partial charge in [0.05, 0.1) is 19.1 Å². The number of phenolic OH excluding ortho intramolecular Hbond substituents is 1. The quantitative estimate of drug-likeness (QED) is 0.255. The maximum Gasteiger partial charge on any atom is 0.240 e. The van der Waals surface area contributed by atoms with E-state index in [0.29, 0.717) is 22.4 Å². The smallest absolute Gasteiger partial charge is 0.240 e. The number of benzene rings is 2. The van der Waals surface area contributed by atoms with Crippen molar-refractivity contribution in [3.8, 4) is 11.5 Å². The molecule has 1 aromatic heterocycles. The third-order valence-corrected chi connectivity index (χ3v) is 4.59. The highest BCUT2D eigenvalue weighted by atomic mass is 32.2. The van der Waals surface area contributed by atoms with Crippen LogP contribution in [0.3, 0.4) is 0 Å². The number of ether oxygens (including phenoxy) is 1. The minimum atomic E-state index is -0.148. The average molecular weight is 412 g/mol. The molecule has 10 heteroatoms. The molecule has 0 aliphatic rings. The molecule has 4 N–H and O–H groups in total. The van der Waals surface area contributed by atoms with Gasteiger partial charge in [-0.3, -0.25) is 4.79 Å². The lowest BCUT2D eigenvalue weighted by Crippen LogP contribution is -2.14. The van der Waals surface area contributed by atoms with Gasteiger partial charge in [0, 0.05) is 11.3 Å². The number of nitrogens with one attached hydrogen (secondary N) is 3. The van der Waals surface area contributed by atoms with Gasteiger partial charge >= 0.3 is 0 Å². The molecule has 3 rings (SSSR count). The highest BCUT2D eigenvalue weighted by molar-refractivity contribution is 7.99. The summed E-state index contributed by atoms with van der Waals surface area (Å²) in [5.74, 6) is 1.01. The number of methoxy groups -OCH3 is 1. The van der Waals surface area contributed by atoms with Crippen LogP contribution in [0.15, 0.2) is 52.7 Å². The first-order valence-electron chi connectivity index (χ1n) is 8.61. The number of aryl methyl sites for hydroxylation is 1. The van der Waals surface area contributed by atoms with Crippen LogP contribution in [0.25, 0.3) is 0 Å². The first-order valence-corrected chi connectivity index (χ1v) is 9.60. The number of nitrogens with zero attached hydrogens (tertiary/aromatic N) is 3. The Bertz CT molecular complexity index is 1000. The summed E-state index contributed by atoms with van der Waals surface area (Å²) in [7, 11) is 1.54. The van der Waals surface area contributed by atoms with Gasteiger partial charge in [0.15, 0.2) is 0 Å². The maximum atomic E-state index is 12.0. The first kappa shape index (κ1) is 20.2. The Morgan fingerprint density at radius 2 is 2.10 bits per heavy atom. The van der Waals surface area contributed by atoms with Gasteiger partial charge < -0.3 is 15.2 Å². The highest BCUT2D eigenvalue weighted by Gasteiger charge is 2.08. The number of aromatic hydroxyl groups is 1. The first-order chi connectivity index (χ1) is 14.0. The molecule has 3 aromatic rings. The summed E-state index contributed by atoms with van der Waals surface area (Å²) in [5, 5.41) is 23.8. The van der Waals surface area contributed by atoms with Crippen LogP contribution in [0.4, 0.5) is 11.6 Å². The SMILES string of the molecule is COc1ccc(O)c(/C=N/Nc2nc(SCC(=O)Nc3ccc(C)cc3)n[nH]2)c1. The predicted octanol–water partition coefficient (Wildman–Crippen LogP) is 3.00. The number of aromatic nitrogens is 3. The van der Waals surface area contributed by atoms with E-state index in [-0.39, 0.29) is 17.4 Å². The summed E-state index contributed by atoms with van der Waals surface area (Å²) in [4.78, 5) is 16.2. The molecular formula is C19H20N6O3S. The average Bonchev–Trinajstić information content (AvgIpc) is 3.17. The number of phenols is 1. The topological polar surface area (TPSA) is 125 Å². The predicted molar refractivity (Wildman–Crippen MR) is 113 cm³/mol. The number of hydrogen-bond donors (Lipinski definition) is 4. The molecular weight excluding hydrogens is 392 g/mol. The minimum Gasteiger partial charge on any atom is -0.507 e. The summed E-state index contributed by atoms with van der Waals surface area (Å²) < 4.78 is 5.11. The molecule has 29 heavy (non-hydrogen) atoms. The number of hydrazone groups is 1. The zero-order valence-corrected chi connectivity index (χ0v) is 16.7. The molecule has 0 aliphatic heterocycles. The molecule has 0 unspecified atom stereocenters. The Hall–Kier alpha value is -3.53. The number of rotatable bonds is 8. The highest BCUT2D eigenvalue weighted by Crippen LogP contribution is 2.21. The molecule has 1 amide bonds. The second kappa shape index (κ2) is 9.60. The molecule has 0 atom stereocenters. The third kappa shape index (κ3) is 5.98. The van der Waals surface area contributed by atoms with Crippen LogP contribution >= 0.6 is 11.8 Å². The van der Waals surface area contributed by atoms with Gasteiger partial charge in [0.2, 0.25) is 17.0 Å². The Balaban J connectivity index is 1.49. The normalized spacial score (nSPS) is 10.8. The number of carbonyl (C=O) groups excluding carboxylic acids is 1. The number of amides is 1. The van der Waals surface area contributed by atoms with Gasteiger partial charge in [-0.1, -0.05) is 29.5 Å². The lowest BCUT2D eigenvalue weighted by Gasteiger charge is -2.04. The molecule has 0 aliphatic carbocycles. The van der Waals surface area contributed by atoms with Gasteiger partial charge in [-0.05, 0) is 37.3 Å². The van der Waals surface area contributed by atoms with E-state index >= 15 is 0 Å². The van der Waals surface area contributed by atoms with Crippen LogP contribution in [-0.2, 0) is 4.79 Å². The van der Waals surface area contributed by atoms with E-state index in [1.807, 2.05) is 31.2 Å². The molecule has 2 aromatic carbocycles. The fraction of sp³-hybridized carbons (Fsp3) is 0.158. The Labute approximate surface area is 171 Å².